The number of hydrogen-bond donors (Lipinski definition) is 3. The van der Waals surface area contributed by atoms with Crippen molar-refractivity contribution in [2.75, 3.05) is 23.7 Å². The maximum Gasteiger partial charge on any atom is 0.257 e. The molecule has 1 heterocycles. The Morgan fingerprint density at radius 1 is 0.968 bits per heavy atom. The van der Waals surface area contributed by atoms with Gasteiger partial charge in [-0.2, -0.15) is 0 Å². The SMILES string of the molecule is C/C=C(/Nc1c(Nc2cccc(C(=O)N3CCCC3)c2O)c(=O)c1=O)c1ccccc1. The molecule has 1 aliphatic heterocycles. The number of nitrogens with zero attached hydrogens (tertiary/aromatic N) is 1. The second kappa shape index (κ2) is 8.47. The normalized spacial score (nSPS) is 14.1. The zero-order valence-electron chi connectivity index (χ0n) is 17.1. The second-order valence-electron chi connectivity index (χ2n) is 7.43. The third-order valence-corrected chi connectivity index (χ3v) is 5.46. The standard InChI is InChI=1S/C24H23N3O4/c1-2-17(15-9-4-3-5-10-15)25-19-20(23(30)22(19)29)26-18-12-8-11-16(21(18)28)24(31)27-13-6-7-14-27/h2-5,8-12,25-26,28H,6-7,13-14H2,1H3/b17-2+. The number of amides is 1. The number of phenols is 1. The predicted molar refractivity (Wildman–Crippen MR) is 122 cm³/mol. The number of phenolic OH excluding ortho intramolecular Hbond substituents is 1. The number of aromatic hydroxyl groups is 1. The van der Waals surface area contributed by atoms with Crippen molar-refractivity contribution in [2.24, 2.45) is 0 Å². The molecule has 31 heavy (non-hydrogen) atoms. The molecule has 1 aliphatic rings. The fraction of sp³-hybridized carbons (Fsp3) is 0.208. The smallest absolute Gasteiger partial charge is 0.257 e. The second-order valence-corrected chi connectivity index (χ2v) is 7.43. The first-order chi connectivity index (χ1) is 15.0. The summed E-state index contributed by atoms with van der Waals surface area (Å²) in [5, 5.41) is 16.5. The Bertz CT molecular complexity index is 1220. The van der Waals surface area contributed by atoms with Gasteiger partial charge in [-0.15, -0.1) is 0 Å². The van der Waals surface area contributed by atoms with E-state index in [0.717, 1.165) is 18.4 Å². The van der Waals surface area contributed by atoms with E-state index < -0.39 is 10.9 Å². The molecule has 7 nitrogen and oxygen atoms in total. The Labute approximate surface area is 179 Å². The minimum absolute atomic E-state index is 0.0568. The molecule has 0 bridgehead atoms. The molecule has 0 aromatic heterocycles. The van der Waals surface area contributed by atoms with Crippen LogP contribution in [0.3, 0.4) is 0 Å². The molecule has 0 unspecified atom stereocenters. The first-order valence-corrected chi connectivity index (χ1v) is 10.2. The van der Waals surface area contributed by atoms with Crippen molar-refractivity contribution in [3.8, 4) is 5.75 Å². The van der Waals surface area contributed by atoms with Crippen LogP contribution >= 0.6 is 0 Å². The van der Waals surface area contributed by atoms with Gasteiger partial charge >= 0.3 is 0 Å². The molecule has 3 N–H and O–H groups in total. The molecule has 1 amide bonds. The van der Waals surface area contributed by atoms with Gasteiger partial charge < -0.3 is 20.6 Å². The minimum atomic E-state index is -0.679. The summed E-state index contributed by atoms with van der Waals surface area (Å²) in [5.74, 6) is -0.491. The van der Waals surface area contributed by atoms with E-state index in [1.807, 2.05) is 43.3 Å². The Morgan fingerprint density at radius 2 is 1.65 bits per heavy atom. The van der Waals surface area contributed by atoms with E-state index in [0.29, 0.717) is 18.8 Å². The summed E-state index contributed by atoms with van der Waals surface area (Å²) in [7, 11) is 0. The topological polar surface area (TPSA) is 98.7 Å². The molecule has 0 saturated carbocycles. The van der Waals surface area contributed by atoms with E-state index >= 15 is 0 Å². The van der Waals surface area contributed by atoms with Crippen molar-refractivity contribution in [1.82, 2.24) is 4.90 Å². The first-order valence-electron chi connectivity index (χ1n) is 10.2. The summed E-state index contributed by atoms with van der Waals surface area (Å²) in [6.07, 6.45) is 3.69. The first kappa shape index (κ1) is 20.4. The molecular weight excluding hydrogens is 394 g/mol. The highest BCUT2D eigenvalue weighted by molar-refractivity contribution is 5.99. The number of para-hydroxylation sites is 1. The number of hydrogen-bond acceptors (Lipinski definition) is 6. The summed E-state index contributed by atoms with van der Waals surface area (Å²) >= 11 is 0. The Hall–Kier alpha value is -3.87. The van der Waals surface area contributed by atoms with Crippen molar-refractivity contribution in [1.29, 1.82) is 0 Å². The van der Waals surface area contributed by atoms with Gasteiger partial charge in [-0.05, 0) is 37.5 Å². The highest BCUT2D eigenvalue weighted by atomic mass is 16.3. The van der Waals surface area contributed by atoms with Gasteiger partial charge in [0.05, 0.1) is 11.3 Å². The molecule has 158 valence electrons. The van der Waals surface area contributed by atoms with Crippen molar-refractivity contribution < 1.29 is 9.90 Å². The van der Waals surface area contributed by atoms with E-state index in [4.69, 9.17) is 0 Å². The molecule has 3 aromatic rings. The molecule has 1 saturated heterocycles. The Balaban J connectivity index is 1.61. The number of anilines is 3. The van der Waals surface area contributed by atoms with Gasteiger partial charge in [0.25, 0.3) is 16.8 Å². The van der Waals surface area contributed by atoms with Crippen LogP contribution in [0.5, 0.6) is 5.75 Å². The zero-order valence-corrected chi connectivity index (χ0v) is 17.1. The Morgan fingerprint density at radius 3 is 2.32 bits per heavy atom. The lowest BCUT2D eigenvalue weighted by Crippen LogP contribution is -2.36. The molecule has 0 spiro atoms. The Kier molecular flexibility index (Phi) is 5.58. The molecule has 0 radical (unpaired) electrons. The summed E-state index contributed by atoms with van der Waals surface area (Å²) in [4.78, 5) is 38.8. The van der Waals surface area contributed by atoms with Crippen molar-refractivity contribution in [2.45, 2.75) is 19.8 Å². The van der Waals surface area contributed by atoms with Crippen LogP contribution in [0.15, 0.2) is 64.2 Å². The maximum atomic E-state index is 12.7. The molecule has 0 aliphatic carbocycles. The van der Waals surface area contributed by atoms with E-state index in [9.17, 15) is 19.5 Å². The maximum absolute atomic E-state index is 12.7. The monoisotopic (exact) mass is 417 g/mol. The average Bonchev–Trinajstić information content (AvgIpc) is 3.34. The van der Waals surface area contributed by atoms with E-state index in [1.54, 1.807) is 23.1 Å². The van der Waals surface area contributed by atoms with Crippen LogP contribution in [-0.4, -0.2) is 29.0 Å². The van der Waals surface area contributed by atoms with Crippen molar-refractivity contribution >= 4 is 28.7 Å². The number of carbonyl (C=O) groups is 1. The molecule has 1 fully saturated rings. The van der Waals surface area contributed by atoms with Crippen LogP contribution in [0.4, 0.5) is 17.1 Å². The lowest BCUT2D eigenvalue weighted by molar-refractivity contribution is 0.0790. The lowest BCUT2D eigenvalue weighted by atomic mass is 10.1. The third kappa shape index (κ3) is 3.82. The van der Waals surface area contributed by atoms with Gasteiger partial charge in [-0.25, -0.2) is 0 Å². The molecule has 7 heteroatoms. The van der Waals surface area contributed by atoms with Gasteiger partial charge in [0.15, 0.2) is 5.75 Å². The molecule has 3 aromatic carbocycles. The van der Waals surface area contributed by atoms with Gasteiger partial charge in [-0.1, -0.05) is 42.5 Å². The van der Waals surface area contributed by atoms with Crippen LogP contribution in [0.1, 0.15) is 35.7 Å². The average molecular weight is 417 g/mol. The van der Waals surface area contributed by atoms with Gasteiger partial charge in [0, 0.05) is 18.8 Å². The minimum Gasteiger partial charge on any atom is -0.505 e. The van der Waals surface area contributed by atoms with Crippen LogP contribution in [0.2, 0.25) is 0 Å². The van der Waals surface area contributed by atoms with Crippen LogP contribution in [0.25, 0.3) is 5.70 Å². The largest absolute Gasteiger partial charge is 0.505 e. The van der Waals surface area contributed by atoms with Crippen LogP contribution < -0.4 is 21.5 Å². The quantitative estimate of drug-likeness (QED) is 0.420. The van der Waals surface area contributed by atoms with E-state index in [1.165, 1.54) is 0 Å². The van der Waals surface area contributed by atoms with Gasteiger partial charge in [0.2, 0.25) is 0 Å². The van der Waals surface area contributed by atoms with E-state index in [-0.39, 0.29) is 34.3 Å². The molecule has 0 atom stereocenters. The lowest BCUT2D eigenvalue weighted by Gasteiger charge is -2.19. The highest BCUT2D eigenvalue weighted by Crippen LogP contribution is 2.33. The summed E-state index contributed by atoms with van der Waals surface area (Å²) < 4.78 is 0. The number of nitrogens with one attached hydrogen (secondary N) is 2. The number of benzene rings is 2. The van der Waals surface area contributed by atoms with Crippen LogP contribution in [-0.2, 0) is 0 Å². The van der Waals surface area contributed by atoms with Crippen LogP contribution in [0, 0.1) is 0 Å². The molecular formula is C24H23N3O4. The summed E-state index contributed by atoms with van der Waals surface area (Å²) in [6, 6.07) is 14.2. The number of carbonyl (C=O) groups excluding carboxylic acids is 1. The predicted octanol–water partition coefficient (Wildman–Crippen LogP) is 3.44. The number of likely N-dealkylation sites (tertiary alicyclic amines) is 1. The fourth-order valence-corrected chi connectivity index (χ4v) is 3.74. The van der Waals surface area contributed by atoms with Crippen molar-refractivity contribution in [3.63, 3.8) is 0 Å². The number of rotatable bonds is 6. The highest BCUT2D eigenvalue weighted by Gasteiger charge is 2.26. The third-order valence-electron chi connectivity index (χ3n) is 5.46. The van der Waals surface area contributed by atoms with Gasteiger partial charge in [-0.3, -0.25) is 14.4 Å². The number of allylic oxidation sites excluding steroid dienone is 1. The summed E-state index contributed by atoms with van der Waals surface area (Å²) in [6.45, 7) is 3.15. The van der Waals surface area contributed by atoms with Crippen molar-refractivity contribution in [3.05, 3.63) is 86.2 Å². The summed E-state index contributed by atoms with van der Waals surface area (Å²) in [5.41, 5.74) is 0.769. The zero-order chi connectivity index (χ0) is 22.0. The van der Waals surface area contributed by atoms with Gasteiger partial charge in [0.1, 0.15) is 11.4 Å². The molecule has 4 rings (SSSR count). The fourth-order valence-electron chi connectivity index (χ4n) is 3.74. The van der Waals surface area contributed by atoms with E-state index in [2.05, 4.69) is 10.6 Å².